The van der Waals surface area contributed by atoms with Crippen LogP contribution in [0.4, 0.5) is 10.4 Å². The van der Waals surface area contributed by atoms with Crippen molar-refractivity contribution in [1.82, 2.24) is 15.1 Å². The molecule has 1 fully saturated rings. The molecule has 0 saturated carbocycles. The molecule has 3 rings (SSSR count). The van der Waals surface area contributed by atoms with Gasteiger partial charge in [0.2, 0.25) is 11.8 Å². The Balaban J connectivity index is 1.39. The van der Waals surface area contributed by atoms with Crippen LogP contribution < -0.4 is 10.1 Å². The number of nitrogens with zero attached hydrogens (tertiary/aromatic N) is 3. The molecule has 0 unspecified atom stereocenters. The van der Waals surface area contributed by atoms with E-state index in [1.807, 2.05) is 0 Å². The van der Waals surface area contributed by atoms with Crippen molar-refractivity contribution in [1.29, 1.82) is 0 Å². The van der Waals surface area contributed by atoms with Gasteiger partial charge in [0.05, 0.1) is 6.54 Å². The molecule has 2 aromatic rings. The number of para-hydroxylation sites is 1. The highest BCUT2D eigenvalue weighted by molar-refractivity contribution is 5.90. The lowest BCUT2D eigenvalue weighted by Gasteiger charge is -2.16. The predicted molar refractivity (Wildman–Crippen MR) is 90.2 cm³/mol. The summed E-state index contributed by atoms with van der Waals surface area (Å²) in [5.74, 6) is -0.130. The fraction of sp³-hybridized carbons (Fsp3) is 0.471. The number of halogens is 1. The zero-order valence-electron chi connectivity index (χ0n) is 14.5. The summed E-state index contributed by atoms with van der Waals surface area (Å²) < 4.78 is 29.7. The molecule has 1 N–H and O–H groups in total. The monoisotopic (exact) mass is 364 g/mol. The van der Waals surface area contributed by atoms with E-state index in [-0.39, 0.29) is 36.9 Å². The van der Waals surface area contributed by atoms with Crippen molar-refractivity contribution >= 4 is 11.9 Å². The number of anilines is 1. The van der Waals surface area contributed by atoms with E-state index >= 15 is 0 Å². The normalized spacial score (nSPS) is 16.8. The minimum absolute atomic E-state index is 0.0523. The fourth-order valence-electron chi connectivity index (χ4n) is 2.54. The molecular weight excluding hydrogens is 343 g/mol. The van der Waals surface area contributed by atoms with Gasteiger partial charge >= 0.3 is 6.01 Å². The number of rotatable bonds is 8. The summed E-state index contributed by atoms with van der Waals surface area (Å²) >= 11 is 0. The van der Waals surface area contributed by atoms with Gasteiger partial charge in [-0.15, -0.1) is 5.10 Å². The average Bonchev–Trinajstić information content (AvgIpc) is 3.27. The number of likely N-dealkylation sites (N-methyl/N-ethyl adjacent to an activating group) is 1. The highest BCUT2D eigenvalue weighted by Crippen LogP contribution is 2.28. The molecule has 0 radical (unpaired) electrons. The molecule has 1 saturated heterocycles. The van der Waals surface area contributed by atoms with Gasteiger partial charge in [-0.25, -0.2) is 4.39 Å². The summed E-state index contributed by atoms with van der Waals surface area (Å²) in [6, 6.07) is 6.24. The van der Waals surface area contributed by atoms with Gasteiger partial charge in [-0.05, 0) is 32.0 Å². The number of ether oxygens (including phenoxy) is 2. The first-order chi connectivity index (χ1) is 12.6. The van der Waals surface area contributed by atoms with Crippen LogP contribution in [0.25, 0.3) is 0 Å². The number of aromatic nitrogens is 2. The Morgan fingerprint density at radius 2 is 2.27 bits per heavy atom. The van der Waals surface area contributed by atoms with E-state index in [1.165, 1.54) is 6.07 Å². The molecule has 26 heavy (non-hydrogen) atoms. The molecule has 1 aromatic carbocycles. The van der Waals surface area contributed by atoms with Crippen LogP contribution in [0.3, 0.4) is 0 Å². The molecule has 1 atom stereocenters. The van der Waals surface area contributed by atoms with Gasteiger partial charge < -0.3 is 13.9 Å². The molecule has 0 spiro atoms. The minimum atomic E-state index is -0.411. The molecule has 9 heteroatoms. The van der Waals surface area contributed by atoms with Crippen molar-refractivity contribution < 1.29 is 23.1 Å². The topological polar surface area (TPSA) is 89.7 Å². The number of benzene rings is 1. The Morgan fingerprint density at radius 3 is 3.04 bits per heavy atom. The van der Waals surface area contributed by atoms with E-state index in [9.17, 15) is 9.18 Å². The summed E-state index contributed by atoms with van der Waals surface area (Å²) in [5.41, 5.74) is 0. The lowest BCUT2D eigenvalue weighted by Crippen LogP contribution is -2.33. The maximum atomic E-state index is 13.4. The van der Waals surface area contributed by atoms with Crippen LogP contribution in [0, 0.1) is 5.82 Å². The second-order valence-corrected chi connectivity index (χ2v) is 6.01. The van der Waals surface area contributed by atoms with E-state index in [1.54, 1.807) is 30.1 Å². The van der Waals surface area contributed by atoms with Gasteiger partial charge in [0.25, 0.3) is 0 Å². The average molecular weight is 364 g/mol. The van der Waals surface area contributed by atoms with Gasteiger partial charge in [0.1, 0.15) is 12.7 Å². The number of hydrogen-bond acceptors (Lipinski definition) is 7. The summed E-state index contributed by atoms with van der Waals surface area (Å²) in [7, 11) is 1.76. The zero-order valence-corrected chi connectivity index (χ0v) is 14.5. The standard InChI is InChI=1S/C17H21FN4O4/c1-22(8-10-25-13-6-3-2-5-12(13)18)11-15(23)19-17-21-20-16(26-17)14-7-4-9-24-14/h2-3,5-6,14H,4,7-11H2,1H3,(H,19,21,23)/t14-/m0/s1. The predicted octanol–water partition coefficient (Wildman–Crippen LogP) is 2.01. The van der Waals surface area contributed by atoms with Crippen LogP contribution in [-0.4, -0.2) is 54.4 Å². The van der Waals surface area contributed by atoms with E-state index in [0.29, 0.717) is 19.0 Å². The van der Waals surface area contributed by atoms with Crippen molar-refractivity contribution in [2.75, 3.05) is 38.7 Å². The van der Waals surface area contributed by atoms with Crippen molar-refractivity contribution in [3.63, 3.8) is 0 Å². The van der Waals surface area contributed by atoms with Crippen LogP contribution in [-0.2, 0) is 9.53 Å². The SMILES string of the molecule is CN(CCOc1ccccc1F)CC(=O)Nc1nnc([C@@H]2CCCO2)o1. The van der Waals surface area contributed by atoms with Crippen molar-refractivity contribution in [3.8, 4) is 5.75 Å². The quantitative estimate of drug-likeness (QED) is 0.766. The third kappa shape index (κ3) is 4.99. The van der Waals surface area contributed by atoms with Crippen LogP contribution in [0.2, 0.25) is 0 Å². The number of carbonyl (C=O) groups is 1. The maximum absolute atomic E-state index is 13.4. The van der Waals surface area contributed by atoms with Gasteiger partial charge in [-0.1, -0.05) is 17.2 Å². The van der Waals surface area contributed by atoms with E-state index in [4.69, 9.17) is 13.9 Å². The molecule has 8 nitrogen and oxygen atoms in total. The Labute approximate surface area is 150 Å². The Kier molecular flexibility index (Phi) is 6.13. The van der Waals surface area contributed by atoms with Gasteiger partial charge in [0, 0.05) is 13.2 Å². The number of amides is 1. The molecule has 1 amide bonds. The second kappa shape index (κ2) is 8.72. The van der Waals surface area contributed by atoms with Crippen LogP contribution in [0.1, 0.15) is 24.8 Å². The zero-order chi connectivity index (χ0) is 18.4. The molecule has 0 aliphatic carbocycles. The lowest BCUT2D eigenvalue weighted by atomic mass is 10.2. The molecule has 140 valence electrons. The third-order valence-corrected chi connectivity index (χ3v) is 3.87. The lowest BCUT2D eigenvalue weighted by molar-refractivity contribution is -0.117. The molecule has 2 heterocycles. The first-order valence-corrected chi connectivity index (χ1v) is 8.42. The first-order valence-electron chi connectivity index (χ1n) is 8.42. The van der Waals surface area contributed by atoms with E-state index < -0.39 is 5.82 Å². The molecule has 1 aromatic heterocycles. The molecule has 1 aliphatic rings. The minimum Gasteiger partial charge on any atom is -0.489 e. The third-order valence-electron chi connectivity index (χ3n) is 3.87. The van der Waals surface area contributed by atoms with Crippen molar-refractivity contribution in [2.24, 2.45) is 0 Å². The van der Waals surface area contributed by atoms with Gasteiger partial charge in [-0.2, -0.15) is 0 Å². The summed E-state index contributed by atoms with van der Waals surface area (Å²) in [6.07, 6.45) is 1.60. The molecule has 1 aliphatic heterocycles. The Hall–Kier alpha value is -2.52. The van der Waals surface area contributed by atoms with Crippen molar-refractivity contribution in [2.45, 2.75) is 18.9 Å². The Morgan fingerprint density at radius 1 is 1.42 bits per heavy atom. The molecule has 0 bridgehead atoms. The highest BCUT2D eigenvalue weighted by atomic mass is 19.1. The van der Waals surface area contributed by atoms with E-state index in [0.717, 1.165) is 12.8 Å². The fourth-order valence-corrected chi connectivity index (χ4v) is 2.54. The van der Waals surface area contributed by atoms with Gasteiger partial charge in [0.15, 0.2) is 11.6 Å². The number of nitrogens with one attached hydrogen (secondary N) is 1. The van der Waals surface area contributed by atoms with Crippen LogP contribution in [0.15, 0.2) is 28.7 Å². The van der Waals surface area contributed by atoms with Gasteiger partial charge in [-0.3, -0.25) is 15.0 Å². The largest absolute Gasteiger partial charge is 0.489 e. The molecular formula is C17H21FN4O4. The van der Waals surface area contributed by atoms with Crippen LogP contribution in [0.5, 0.6) is 5.75 Å². The Bertz CT molecular complexity index is 733. The summed E-state index contributed by atoms with van der Waals surface area (Å²) in [5, 5.41) is 10.3. The maximum Gasteiger partial charge on any atom is 0.322 e. The number of hydrogen-bond donors (Lipinski definition) is 1. The smallest absolute Gasteiger partial charge is 0.322 e. The summed E-state index contributed by atoms with van der Waals surface area (Å²) in [6.45, 7) is 1.49. The first kappa shape index (κ1) is 18.3. The highest BCUT2D eigenvalue weighted by Gasteiger charge is 2.24. The van der Waals surface area contributed by atoms with Crippen molar-refractivity contribution in [3.05, 3.63) is 36.0 Å². The number of carbonyl (C=O) groups excluding carboxylic acids is 1. The summed E-state index contributed by atoms with van der Waals surface area (Å²) in [4.78, 5) is 13.8. The van der Waals surface area contributed by atoms with Crippen LogP contribution >= 0.6 is 0 Å². The van der Waals surface area contributed by atoms with E-state index in [2.05, 4.69) is 15.5 Å². The second-order valence-electron chi connectivity index (χ2n) is 6.01.